The van der Waals surface area contributed by atoms with Crippen LogP contribution in [0.2, 0.25) is 0 Å². The van der Waals surface area contributed by atoms with Crippen molar-refractivity contribution in [2.24, 2.45) is 0 Å². The highest BCUT2D eigenvalue weighted by Gasteiger charge is 1.90. The molecule has 0 bridgehead atoms. The Bertz CT molecular complexity index is 83.1. The van der Waals surface area contributed by atoms with Gasteiger partial charge in [-0.25, -0.2) is 0 Å². The molecule has 0 aliphatic rings. The van der Waals surface area contributed by atoms with E-state index in [9.17, 15) is 0 Å². The Morgan fingerprint density at radius 2 is 2.22 bits per heavy atom. The van der Waals surface area contributed by atoms with E-state index in [0.29, 0.717) is 5.88 Å². The number of nitrogens with zero attached hydrogens (tertiary/aromatic N) is 1. The summed E-state index contributed by atoms with van der Waals surface area (Å²) < 4.78 is 0. The zero-order chi connectivity index (χ0) is 7.11. The summed E-state index contributed by atoms with van der Waals surface area (Å²) in [5.41, 5.74) is 1.52. The summed E-state index contributed by atoms with van der Waals surface area (Å²) >= 11 is 10.8. The van der Waals surface area contributed by atoms with E-state index in [2.05, 4.69) is 4.90 Å². The predicted octanol–water partition coefficient (Wildman–Crippen LogP) is 1.91. The van der Waals surface area contributed by atoms with Crippen molar-refractivity contribution in [2.75, 3.05) is 26.0 Å². The second kappa shape index (κ2) is 6.40. The SMILES string of the molecule is CN(C/C=C/Cl)CCCl. The highest BCUT2D eigenvalue weighted by atomic mass is 35.5. The summed E-state index contributed by atoms with van der Waals surface area (Å²) in [5.74, 6) is 0.673. The summed E-state index contributed by atoms with van der Waals surface area (Å²) in [6, 6.07) is 0. The van der Waals surface area contributed by atoms with Crippen molar-refractivity contribution in [3.8, 4) is 0 Å². The highest BCUT2D eigenvalue weighted by molar-refractivity contribution is 6.25. The van der Waals surface area contributed by atoms with E-state index in [1.54, 1.807) is 0 Å². The molecular formula is C6H11Cl2N. The Hall–Kier alpha value is 0.280. The molecule has 0 heterocycles. The molecule has 0 saturated carbocycles. The fourth-order valence-corrected chi connectivity index (χ4v) is 0.824. The Labute approximate surface area is 66.2 Å². The van der Waals surface area contributed by atoms with Gasteiger partial charge in [0.1, 0.15) is 0 Å². The van der Waals surface area contributed by atoms with Crippen LogP contribution in [-0.2, 0) is 0 Å². The molecule has 0 rings (SSSR count). The zero-order valence-electron chi connectivity index (χ0n) is 5.48. The summed E-state index contributed by atoms with van der Waals surface area (Å²) in [6.07, 6.45) is 1.88. The van der Waals surface area contributed by atoms with E-state index in [1.165, 1.54) is 5.54 Å². The minimum atomic E-state index is 0.673. The maximum Gasteiger partial charge on any atom is 0.0351 e. The first-order valence-corrected chi connectivity index (χ1v) is 3.78. The fourth-order valence-electron chi connectivity index (χ4n) is 0.455. The third-order valence-electron chi connectivity index (χ3n) is 0.972. The van der Waals surface area contributed by atoms with Crippen molar-refractivity contribution in [1.82, 2.24) is 4.90 Å². The van der Waals surface area contributed by atoms with Gasteiger partial charge in [0.2, 0.25) is 0 Å². The molecule has 0 unspecified atom stereocenters. The first-order valence-electron chi connectivity index (χ1n) is 2.81. The molecule has 0 fully saturated rings. The third-order valence-corrected chi connectivity index (χ3v) is 1.32. The van der Waals surface area contributed by atoms with Crippen molar-refractivity contribution in [2.45, 2.75) is 0 Å². The molecule has 9 heavy (non-hydrogen) atoms. The van der Waals surface area contributed by atoms with E-state index < -0.39 is 0 Å². The van der Waals surface area contributed by atoms with Crippen LogP contribution in [0.5, 0.6) is 0 Å². The molecule has 0 radical (unpaired) electrons. The Balaban J connectivity index is 3.15. The minimum absolute atomic E-state index is 0.673. The Morgan fingerprint density at radius 1 is 1.56 bits per heavy atom. The predicted molar refractivity (Wildman–Crippen MR) is 43.2 cm³/mol. The highest BCUT2D eigenvalue weighted by Crippen LogP contribution is 1.86. The first-order chi connectivity index (χ1) is 4.31. The van der Waals surface area contributed by atoms with Gasteiger partial charge in [-0.15, -0.1) is 11.6 Å². The molecule has 0 aromatic heterocycles. The average molecular weight is 168 g/mol. The van der Waals surface area contributed by atoms with Gasteiger partial charge in [-0.2, -0.15) is 0 Å². The second-order valence-corrected chi connectivity index (χ2v) is 2.44. The smallest absolute Gasteiger partial charge is 0.0351 e. The summed E-state index contributed by atoms with van der Waals surface area (Å²) in [7, 11) is 2.00. The summed E-state index contributed by atoms with van der Waals surface area (Å²) in [5, 5.41) is 0. The van der Waals surface area contributed by atoms with Crippen molar-refractivity contribution < 1.29 is 0 Å². The van der Waals surface area contributed by atoms with E-state index in [-0.39, 0.29) is 0 Å². The largest absolute Gasteiger partial charge is 0.301 e. The maximum atomic E-state index is 5.48. The maximum absolute atomic E-state index is 5.48. The van der Waals surface area contributed by atoms with E-state index >= 15 is 0 Å². The van der Waals surface area contributed by atoms with Crippen molar-refractivity contribution >= 4 is 23.2 Å². The normalized spacial score (nSPS) is 11.6. The molecule has 0 aliphatic carbocycles. The van der Waals surface area contributed by atoms with Crippen LogP contribution in [0.4, 0.5) is 0 Å². The van der Waals surface area contributed by atoms with Crippen LogP contribution in [0.3, 0.4) is 0 Å². The first kappa shape index (κ1) is 9.28. The number of hydrogen-bond acceptors (Lipinski definition) is 1. The molecule has 0 amide bonds. The quantitative estimate of drug-likeness (QED) is 0.579. The van der Waals surface area contributed by atoms with Crippen LogP contribution < -0.4 is 0 Å². The van der Waals surface area contributed by atoms with Crippen LogP contribution in [0.15, 0.2) is 11.6 Å². The minimum Gasteiger partial charge on any atom is -0.301 e. The Morgan fingerprint density at radius 3 is 2.67 bits per heavy atom. The standard InChI is InChI=1S/C6H11Cl2N/c1-9(6-4-8)5-2-3-7/h2-3H,4-6H2,1H3/b3-2+. The van der Waals surface area contributed by atoms with Gasteiger partial charge in [0.05, 0.1) is 0 Å². The molecule has 3 heteroatoms. The van der Waals surface area contributed by atoms with Crippen LogP contribution in [0.25, 0.3) is 0 Å². The van der Waals surface area contributed by atoms with Crippen molar-refractivity contribution in [3.05, 3.63) is 11.6 Å². The topological polar surface area (TPSA) is 3.24 Å². The van der Waals surface area contributed by atoms with Gasteiger partial charge in [0.15, 0.2) is 0 Å². The van der Waals surface area contributed by atoms with Gasteiger partial charge in [-0.1, -0.05) is 17.7 Å². The van der Waals surface area contributed by atoms with E-state index in [4.69, 9.17) is 23.2 Å². The van der Waals surface area contributed by atoms with Crippen molar-refractivity contribution in [1.29, 1.82) is 0 Å². The number of hydrogen-bond donors (Lipinski definition) is 0. The van der Waals surface area contributed by atoms with Gasteiger partial charge < -0.3 is 4.90 Å². The van der Waals surface area contributed by atoms with Crippen LogP contribution in [0, 0.1) is 0 Å². The molecule has 1 nitrogen and oxygen atoms in total. The lowest BCUT2D eigenvalue weighted by Crippen LogP contribution is -2.20. The monoisotopic (exact) mass is 167 g/mol. The van der Waals surface area contributed by atoms with Gasteiger partial charge in [0.25, 0.3) is 0 Å². The number of likely N-dealkylation sites (N-methyl/N-ethyl adjacent to an activating group) is 1. The number of rotatable bonds is 4. The molecular weight excluding hydrogens is 157 g/mol. The van der Waals surface area contributed by atoms with Crippen LogP contribution in [-0.4, -0.2) is 30.9 Å². The van der Waals surface area contributed by atoms with Crippen LogP contribution >= 0.6 is 23.2 Å². The Kier molecular flexibility index (Phi) is 6.60. The molecule has 54 valence electrons. The second-order valence-electron chi connectivity index (χ2n) is 1.81. The van der Waals surface area contributed by atoms with E-state index in [1.807, 2.05) is 13.1 Å². The molecule has 0 aromatic carbocycles. The molecule has 0 N–H and O–H groups in total. The van der Waals surface area contributed by atoms with Crippen molar-refractivity contribution in [3.63, 3.8) is 0 Å². The summed E-state index contributed by atoms with van der Waals surface area (Å²) in [4.78, 5) is 2.09. The lowest BCUT2D eigenvalue weighted by molar-refractivity contribution is 0.395. The fraction of sp³-hybridized carbons (Fsp3) is 0.667. The molecule has 0 atom stereocenters. The van der Waals surface area contributed by atoms with E-state index in [0.717, 1.165) is 13.1 Å². The number of halogens is 2. The van der Waals surface area contributed by atoms with Gasteiger partial charge in [-0.3, -0.25) is 0 Å². The lowest BCUT2D eigenvalue weighted by atomic mass is 10.5. The number of alkyl halides is 1. The molecule has 0 aliphatic heterocycles. The van der Waals surface area contributed by atoms with Gasteiger partial charge >= 0.3 is 0 Å². The third kappa shape index (κ3) is 6.16. The molecule has 0 aromatic rings. The average Bonchev–Trinajstić information content (AvgIpc) is 1.85. The molecule has 0 saturated heterocycles. The lowest BCUT2D eigenvalue weighted by Gasteiger charge is -2.10. The molecule has 0 spiro atoms. The zero-order valence-corrected chi connectivity index (χ0v) is 6.99. The van der Waals surface area contributed by atoms with Gasteiger partial charge in [-0.05, 0) is 7.05 Å². The summed E-state index contributed by atoms with van der Waals surface area (Å²) in [6.45, 7) is 1.78. The van der Waals surface area contributed by atoms with Gasteiger partial charge in [0, 0.05) is 24.5 Å². The van der Waals surface area contributed by atoms with Crippen LogP contribution in [0.1, 0.15) is 0 Å².